The van der Waals surface area contributed by atoms with Crippen LogP contribution < -0.4 is 5.73 Å². The van der Waals surface area contributed by atoms with Crippen LogP contribution in [0.2, 0.25) is 0 Å². The fraction of sp³-hybridized carbons (Fsp3) is 0.375. The molecule has 0 aliphatic rings. The van der Waals surface area contributed by atoms with Gasteiger partial charge < -0.3 is 10.8 Å². The normalized spacial score (nSPS) is 14.9. The highest BCUT2D eigenvalue weighted by Gasteiger charge is 2.19. The number of aliphatic hydroxyl groups is 1. The van der Waals surface area contributed by atoms with Gasteiger partial charge in [-0.05, 0) is 28.7 Å². The van der Waals surface area contributed by atoms with E-state index in [2.05, 4.69) is 26.0 Å². The molecule has 3 N–H and O–H groups in total. The van der Waals surface area contributed by atoms with Crippen molar-refractivity contribution in [1.82, 2.24) is 0 Å². The third kappa shape index (κ3) is 2.71. The van der Waals surface area contributed by atoms with Gasteiger partial charge >= 0.3 is 0 Å². The van der Waals surface area contributed by atoms with E-state index in [0.29, 0.717) is 5.92 Å². The second-order valence-corrected chi connectivity index (χ2v) is 5.31. The van der Waals surface area contributed by atoms with E-state index in [4.69, 9.17) is 5.73 Å². The maximum absolute atomic E-state index is 10.4. The summed E-state index contributed by atoms with van der Waals surface area (Å²) in [6.45, 7) is 4.24. The molecule has 0 saturated heterocycles. The molecule has 2 nitrogen and oxygen atoms in total. The van der Waals surface area contributed by atoms with E-state index >= 15 is 0 Å². The number of nitrogens with two attached hydrogens (primary N) is 1. The summed E-state index contributed by atoms with van der Waals surface area (Å²) in [7, 11) is 0. The highest BCUT2D eigenvalue weighted by molar-refractivity contribution is 5.86. The van der Waals surface area contributed by atoms with Gasteiger partial charge in [-0.2, -0.15) is 0 Å². The lowest BCUT2D eigenvalue weighted by Gasteiger charge is -2.22. The molecule has 0 aliphatic carbocycles. The van der Waals surface area contributed by atoms with Crippen molar-refractivity contribution in [2.45, 2.75) is 32.4 Å². The standard InChI is InChI=1S/C16H21NO/c1-11(2)10-15(17)16(18)14-9-5-7-12-6-3-4-8-13(12)14/h3-9,11,15-16,18H,10,17H2,1-2H3. The molecule has 2 aromatic carbocycles. The van der Waals surface area contributed by atoms with E-state index in [1.165, 1.54) is 0 Å². The van der Waals surface area contributed by atoms with Gasteiger partial charge in [0.05, 0.1) is 6.10 Å². The molecule has 2 rings (SSSR count). The van der Waals surface area contributed by atoms with E-state index < -0.39 is 6.10 Å². The Morgan fingerprint density at radius 1 is 1.06 bits per heavy atom. The molecule has 2 atom stereocenters. The Balaban J connectivity index is 2.35. The first-order chi connectivity index (χ1) is 8.59. The van der Waals surface area contributed by atoms with Crippen LogP contribution in [0.4, 0.5) is 0 Å². The van der Waals surface area contributed by atoms with Gasteiger partial charge in [0.15, 0.2) is 0 Å². The Bertz CT molecular complexity index is 516. The Hall–Kier alpha value is -1.38. The molecule has 0 radical (unpaired) electrons. The Kier molecular flexibility index (Phi) is 4.00. The van der Waals surface area contributed by atoms with Crippen LogP contribution >= 0.6 is 0 Å². The molecule has 0 aromatic heterocycles. The van der Waals surface area contributed by atoms with E-state index in [1.54, 1.807) is 0 Å². The van der Waals surface area contributed by atoms with Crippen LogP contribution in [0.5, 0.6) is 0 Å². The quantitative estimate of drug-likeness (QED) is 0.866. The van der Waals surface area contributed by atoms with E-state index in [0.717, 1.165) is 22.8 Å². The van der Waals surface area contributed by atoms with Crippen LogP contribution in [0, 0.1) is 5.92 Å². The molecule has 0 saturated carbocycles. The zero-order valence-corrected chi connectivity index (χ0v) is 11.0. The van der Waals surface area contributed by atoms with Gasteiger partial charge in [-0.1, -0.05) is 56.3 Å². The van der Waals surface area contributed by atoms with Gasteiger partial charge in [0, 0.05) is 6.04 Å². The van der Waals surface area contributed by atoms with Gasteiger partial charge in [-0.25, -0.2) is 0 Å². The summed E-state index contributed by atoms with van der Waals surface area (Å²) >= 11 is 0. The van der Waals surface area contributed by atoms with Crippen molar-refractivity contribution in [3.63, 3.8) is 0 Å². The summed E-state index contributed by atoms with van der Waals surface area (Å²) in [6, 6.07) is 13.9. The molecule has 0 heterocycles. The SMILES string of the molecule is CC(C)CC(N)C(O)c1cccc2ccccc12. The van der Waals surface area contributed by atoms with Crippen molar-refractivity contribution in [1.29, 1.82) is 0 Å². The molecule has 18 heavy (non-hydrogen) atoms. The summed E-state index contributed by atoms with van der Waals surface area (Å²) in [5.74, 6) is 0.490. The minimum Gasteiger partial charge on any atom is -0.387 e. The minimum absolute atomic E-state index is 0.212. The number of fused-ring (bicyclic) bond motifs is 1. The summed E-state index contributed by atoms with van der Waals surface area (Å²) in [5.41, 5.74) is 7.02. The third-order valence-corrected chi connectivity index (χ3v) is 3.29. The Labute approximate surface area is 108 Å². The molecule has 0 bridgehead atoms. The second kappa shape index (κ2) is 5.51. The van der Waals surface area contributed by atoms with E-state index in [1.807, 2.05) is 30.3 Å². The zero-order valence-electron chi connectivity index (χ0n) is 11.0. The Morgan fingerprint density at radius 2 is 1.72 bits per heavy atom. The van der Waals surface area contributed by atoms with E-state index in [9.17, 15) is 5.11 Å². The zero-order chi connectivity index (χ0) is 13.1. The molecule has 2 unspecified atom stereocenters. The van der Waals surface area contributed by atoms with Crippen molar-refractivity contribution in [3.8, 4) is 0 Å². The molecule has 2 aromatic rings. The molecule has 0 spiro atoms. The van der Waals surface area contributed by atoms with Gasteiger partial charge in [0.2, 0.25) is 0 Å². The molecule has 2 heteroatoms. The Morgan fingerprint density at radius 3 is 2.44 bits per heavy atom. The first-order valence-electron chi connectivity index (χ1n) is 6.51. The molecule has 0 fully saturated rings. The molecule has 0 aliphatic heterocycles. The monoisotopic (exact) mass is 243 g/mol. The average Bonchev–Trinajstić information content (AvgIpc) is 2.36. The topological polar surface area (TPSA) is 46.2 Å². The van der Waals surface area contributed by atoms with Crippen LogP contribution in [0.3, 0.4) is 0 Å². The lowest BCUT2D eigenvalue weighted by atomic mass is 9.92. The maximum Gasteiger partial charge on any atom is 0.0946 e. The summed E-state index contributed by atoms with van der Waals surface area (Å²) in [5, 5.41) is 12.6. The smallest absolute Gasteiger partial charge is 0.0946 e. The highest BCUT2D eigenvalue weighted by atomic mass is 16.3. The lowest BCUT2D eigenvalue weighted by Crippen LogP contribution is -2.30. The first-order valence-corrected chi connectivity index (χ1v) is 6.51. The van der Waals surface area contributed by atoms with E-state index in [-0.39, 0.29) is 6.04 Å². The highest BCUT2D eigenvalue weighted by Crippen LogP contribution is 2.27. The fourth-order valence-electron chi connectivity index (χ4n) is 2.41. The lowest BCUT2D eigenvalue weighted by molar-refractivity contribution is 0.137. The van der Waals surface area contributed by atoms with Gasteiger partial charge in [0.25, 0.3) is 0 Å². The molecule has 96 valence electrons. The second-order valence-electron chi connectivity index (χ2n) is 5.31. The van der Waals surface area contributed by atoms with Crippen molar-refractivity contribution >= 4 is 10.8 Å². The van der Waals surface area contributed by atoms with Gasteiger partial charge in [0.1, 0.15) is 0 Å². The molecule has 0 amide bonds. The third-order valence-electron chi connectivity index (χ3n) is 3.29. The van der Waals surface area contributed by atoms with Gasteiger partial charge in [-0.15, -0.1) is 0 Å². The predicted molar refractivity (Wildman–Crippen MR) is 76.3 cm³/mol. The average molecular weight is 243 g/mol. The van der Waals surface area contributed by atoms with Gasteiger partial charge in [-0.3, -0.25) is 0 Å². The number of aliphatic hydroxyl groups excluding tert-OH is 1. The predicted octanol–water partition coefficient (Wildman–Crippen LogP) is 3.25. The largest absolute Gasteiger partial charge is 0.387 e. The van der Waals surface area contributed by atoms with Crippen molar-refractivity contribution < 1.29 is 5.11 Å². The summed E-state index contributed by atoms with van der Waals surface area (Å²) in [4.78, 5) is 0. The maximum atomic E-state index is 10.4. The van der Waals surface area contributed by atoms with Crippen LogP contribution in [0.25, 0.3) is 10.8 Å². The molecular formula is C16H21NO. The van der Waals surface area contributed by atoms with Crippen LogP contribution in [-0.2, 0) is 0 Å². The van der Waals surface area contributed by atoms with Crippen LogP contribution in [0.15, 0.2) is 42.5 Å². The number of rotatable bonds is 4. The summed E-state index contributed by atoms with van der Waals surface area (Å²) in [6.07, 6.45) is 0.225. The molecular weight excluding hydrogens is 222 g/mol. The first kappa shape index (κ1) is 13.1. The van der Waals surface area contributed by atoms with Crippen molar-refractivity contribution in [2.24, 2.45) is 11.7 Å². The van der Waals surface area contributed by atoms with Crippen LogP contribution in [0.1, 0.15) is 31.9 Å². The number of hydrogen-bond donors (Lipinski definition) is 2. The van der Waals surface area contributed by atoms with Crippen LogP contribution in [-0.4, -0.2) is 11.1 Å². The van der Waals surface area contributed by atoms with Crippen molar-refractivity contribution in [2.75, 3.05) is 0 Å². The number of hydrogen-bond acceptors (Lipinski definition) is 2. The van der Waals surface area contributed by atoms with Crippen molar-refractivity contribution in [3.05, 3.63) is 48.0 Å². The number of benzene rings is 2. The minimum atomic E-state index is -0.599. The fourth-order valence-corrected chi connectivity index (χ4v) is 2.41. The summed E-state index contributed by atoms with van der Waals surface area (Å²) < 4.78 is 0.